The third kappa shape index (κ3) is 3.81. The monoisotopic (exact) mass is 341 g/mol. The highest BCUT2D eigenvalue weighted by Gasteiger charge is 2.16. The highest BCUT2D eigenvalue weighted by Crippen LogP contribution is 2.30. The van der Waals surface area contributed by atoms with Crippen LogP contribution in [0.4, 0.5) is 0 Å². The highest BCUT2D eigenvalue weighted by atomic mass is 127. The zero-order chi connectivity index (χ0) is 12.1. The summed E-state index contributed by atoms with van der Waals surface area (Å²) in [4.78, 5) is 0. The lowest BCUT2D eigenvalue weighted by atomic mass is 9.83. The summed E-state index contributed by atoms with van der Waals surface area (Å²) in [5.41, 5.74) is 8.64. The van der Waals surface area contributed by atoms with Crippen molar-refractivity contribution in [1.29, 1.82) is 0 Å². The maximum absolute atomic E-state index is 5.91. The molecule has 2 heteroatoms. The minimum atomic E-state index is 0.705. The van der Waals surface area contributed by atoms with Gasteiger partial charge < -0.3 is 5.73 Å². The molecular formula is C15H20IN. The van der Waals surface area contributed by atoms with Gasteiger partial charge in [0, 0.05) is 10.1 Å². The second-order valence-corrected chi connectivity index (χ2v) is 6.06. The van der Waals surface area contributed by atoms with Crippen LogP contribution in [-0.2, 0) is 0 Å². The molecule has 0 aromatic heterocycles. The average Bonchev–Trinajstić information content (AvgIpc) is 2.39. The second-order valence-electron chi connectivity index (χ2n) is 4.81. The van der Waals surface area contributed by atoms with Gasteiger partial charge in [-0.1, -0.05) is 43.0 Å². The molecule has 1 fully saturated rings. The molecule has 0 aliphatic heterocycles. The van der Waals surface area contributed by atoms with Gasteiger partial charge in [-0.25, -0.2) is 0 Å². The molecule has 17 heavy (non-hydrogen) atoms. The largest absolute Gasteiger partial charge is 0.327 e. The third-order valence-electron chi connectivity index (χ3n) is 3.59. The van der Waals surface area contributed by atoms with E-state index >= 15 is 0 Å². The number of rotatable bonds is 3. The topological polar surface area (TPSA) is 26.0 Å². The standard InChI is InChI=1S/C15H20IN/c16-15-8-6-12(7-9-15)10-14(11-17)13-4-2-1-3-5-13/h6-10,13H,1-5,11,17H2/b14-10-. The third-order valence-corrected chi connectivity index (χ3v) is 4.31. The summed E-state index contributed by atoms with van der Waals surface area (Å²) >= 11 is 2.34. The molecule has 1 aliphatic carbocycles. The van der Waals surface area contributed by atoms with E-state index in [1.807, 2.05) is 0 Å². The van der Waals surface area contributed by atoms with Crippen molar-refractivity contribution >= 4 is 28.7 Å². The molecule has 2 N–H and O–H groups in total. The average molecular weight is 341 g/mol. The molecule has 0 bridgehead atoms. The summed E-state index contributed by atoms with van der Waals surface area (Å²) in [5, 5.41) is 0. The van der Waals surface area contributed by atoms with Crippen molar-refractivity contribution in [2.45, 2.75) is 32.1 Å². The van der Waals surface area contributed by atoms with Gasteiger partial charge in [0.1, 0.15) is 0 Å². The van der Waals surface area contributed by atoms with Crippen LogP contribution in [0.25, 0.3) is 6.08 Å². The molecule has 1 aromatic carbocycles. The molecular weight excluding hydrogens is 321 g/mol. The SMILES string of the molecule is NC/C(=C/c1ccc(I)cc1)C1CCCCC1. The summed E-state index contributed by atoms with van der Waals surface area (Å²) in [6, 6.07) is 8.67. The molecule has 1 aromatic rings. The molecule has 0 atom stereocenters. The number of benzene rings is 1. The Labute approximate surface area is 118 Å². The molecule has 0 radical (unpaired) electrons. The van der Waals surface area contributed by atoms with Crippen LogP contribution < -0.4 is 5.73 Å². The quantitative estimate of drug-likeness (QED) is 0.819. The lowest BCUT2D eigenvalue weighted by Gasteiger charge is -2.23. The van der Waals surface area contributed by atoms with E-state index < -0.39 is 0 Å². The predicted molar refractivity (Wildman–Crippen MR) is 82.8 cm³/mol. The van der Waals surface area contributed by atoms with E-state index in [9.17, 15) is 0 Å². The van der Waals surface area contributed by atoms with Crippen LogP contribution in [0.5, 0.6) is 0 Å². The number of hydrogen-bond donors (Lipinski definition) is 1. The zero-order valence-electron chi connectivity index (χ0n) is 10.2. The second kappa shape index (κ2) is 6.55. The number of nitrogens with two attached hydrogens (primary N) is 1. The molecule has 0 unspecified atom stereocenters. The van der Waals surface area contributed by atoms with E-state index in [2.05, 4.69) is 52.9 Å². The Morgan fingerprint density at radius 3 is 2.41 bits per heavy atom. The van der Waals surface area contributed by atoms with Crippen LogP contribution >= 0.6 is 22.6 Å². The van der Waals surface area contributed by atoms with Crippen molar-refractivity contribution in [3.63, 3.8) is 0 Å². The molecule has 1 aliphatic rings. The minimum Gasteiger partial charge on any atom is -0.327 e. The maximum Gasteiger partial charge on any atom is 0.0142 e. The fraction of sp³-hybridized carbons (Fsp3) is 0.467. The molecule has 92 valence electrons. The molecule has 0 saturated heterocycles. The Balaban J connectivity index is 2.13. The Kier molecular flexibility index (Phi) is 5.04. The Morgan fingerprint density at radius 2 is 1.82 bits per heavy atom. The highest BCUT2D eigenvalue weighted by molar-refractivity contribution is 14.1. The van der Waals surface area contributed by atoms with Gasteiger partial charge in [-0.2, -0.15) is 0 Å². The first kappa shape index (κ1) is 13.1. The summed E-state index contributed by atoms with van der Waals surface area (Å²) in [7, 11) is 0. The first-order valence-electron chi connectivity index (χ1n) is 6.45. The smallest absolute Gasteiger partial charge is 0.0142 e. The van der Waals surface area contributed by atoms with E-state index in [0.29, 0.717) is 6.54 Å². The minimum absolute atomic E-state index is 0.705. The molecule has 1 nitrogen and oxygen atoms in total. The Hall–Kier alpha value is -0.350. The van der Waals surface area contributed by atoms with Gasteiger partial charge in [0.05, 0.1) is 0 Å². The number of halogens is 1. The zero-order valence-corrected chi connectivity index (χ0v) is 12.3. The molecule has 2 rings (SSSR count). The fourth-order valence-electron chi connectivity index (χ4n) is 2.59. The molecule has 0 heterocycles. The lowest BCUT2D eigenvalue weighted by Crippen LogP contribution is -2.16. The van der Waals surface area contributed by atoms with Crippen molar-refractivity contribution < 1.29 is 0 Å². The summed E-state index contributed by atoms with van der Waals surface area (Å²) in [6.45, 7) is 0.705. The molecule has 1 saturated carbocycles. The van der Waals surface area contributed by atoms with E-state index in [-0.39, 0.29) is 0 Å². The lowest BCUT2D eigenvalue weighted by molar-refractivity contribution is 0.401. The molecule has 0 spiro atoms. The van der Waals surface area contributed by atoms with Gasteiger partial charge in [0.25, 0.3) is 0 Å². The van der Waals surface area contributed by atoms with Gasteiger partial charge in [-0.15, -0.1) is 0 Å². The van der Waals surface area contributed by atoms with Crippen molar-refractivity contribution in [2.24, 2.45) is 11.7 Å². The summed E-state index contributed by atoms with van der Waals surface area (Å²) in [6.07, 6.45) is 9.09. The van der Waals surface area contributed by atoms with Gasteiger partial charge in [-0.3, -0.25) is 0 Å². The van der Waals surface area contributed by atoms with Gasteiger partial charge in [0.15, 0.2) is 0 Å². The van der Waals surface area contributed by atoms with Crippen LogP contribution in [-0.4, -0.2) is 6.54 Å². The summed E-state index contributed by atoms with van der Waals surface area (Å²) in [5.74, 6) is 0.730. The van der Waals surface area contributed by atoms with Crippen molar-refractivity contribution in [2.75, 3.05) is 6.54 Å². The van der Waals surface area contributed by atoms with Crippen LogP contribution in [0, 0.1) is 9.49 Å². The van der Waals surface area contributed by atoms with Gasteiger partial charge in [0.2, 0.25) is 0 Å². The molecule has 0 amide bonds. The number of hydrogen-bond acceptors (Lipinski definition) is 1. The van der Waals surface area contributed by atoms with Gasteiger partial charge in [-0.05, 0) is 59.0 Å². The van der Waals surface area contributed by atoms with Crippen LogP contribution in [0.3, 0.4) is 0 Å². The van der Waals surface area contributed by atoms with E-state index in [1.54, 1.807) is 0 Å². The fourth-order valence-corrected chi connectivity index (χ4v) is 2.95. The summed E-state index contributed by atoms with van der Waals surface area (Å²) < 4.78 is 1.28. The predicted octanol–water partition coefficient (Wildman–Crippen LogP) is 4.21. The van der Waals surface area contributed by atoms with Crippen LogP contribution in [0.15, 0.2) is 29.8 Å². The van der Waals surface area contributed by atoms with Crippen LogP contribution in [0.2, 0.25) is 0 Å². The van der Waals surface area contributed by atoms with Crippen molar-refractivity contribution in [3.05, 3.63) is 39.0 Å². The van der Waals surface area contributed by atoms with E-state index in [4.69, 9.17) is 5.73 Å². The first-order chi connectivity index (χ1) is 8.29. The van der Waals surface area contributed by atoms with E-state index in [1.165, 1.54) is 46.8 Å². The van der Waals surface area contributed by atoms with Crippen molar-refractivity contribution in [3.8, 4) is 0 Å². The van der Waals surface area contributed by atoms with Crippen LogP contribution in [0.1, 0.15) is 37.7 Å². The Bertz CT molecular complexity index is 374. The first-order valence-corrected chi connectivity index (χ1v) is 7.53. The van der Waals surface area contributed by atoms with E-state index in [0.717, 1.165) is 5.92 Å². The van der Waals surface area contributed by atoms with Crippen molar-refractivity contribution in [1.82, 2.24) is 0 Å². The Morgan fingerprint density at radius 1 is 1.18 bits per heavy atom. The maximum atomic E-state index is 5.91. The van der Waals surface area contributed by atoms with Gasteiger partial charge >= 0.3 is 0 Å². The normalized spacial score (nSPS) is 18.4.